The van der Waals surface area contributed by atoms with Gasteiger partial charge in [-0.25, -0.2) is 4.39 Å². The average molecular weight is 359 g/mol. The topological polar surface area (TPSA) is 95.6 Å². The number of benzene rings is 1. The molecule has 0 unspecified atom stereocenters. The van der Waals surface area contributed by atoms with Gasteiger partial charge in [0.15, 0.2) is 0 Å². The van der Waals surface area contributed by atoms with Gasteiger partial charge in [0.05, 0.1) is 17.4 Å². The fourth-order valence-corrected chi connectivity index (χ4v) is 3.26. The van der Waals surface area contributed by atoms with Crippen LogP contribution in [0.25, 0.3) is 0 Å². The van der Waals surface area contributed by atoms with E-state index in [2.05, 4.69) is 10.9 Å². The molecule has 1 heterocycles. The predicted molar refractivity (Wildman–Crippen MR) is 88.7 cm³/mol. The maximum atomic E-state index is 13.6. The van der Waals surface area contributed by atoms with Crippen molar-refractivity contribution in [2.75, 3.05) is 0 Å². The van der Waals surface area contributed by atoms with Gasteiger partial charge in [0.1, 0.15) is 11.9 Å². The lowest BCUT2D eigenvalue weighted by Crippen LogP contribution is -2.53. The second-order valence-corrected chi connectivity index (χ2v) is 6.30. The van der Waals surface area contributed by atoms with E-state index in [1.54, 1.807) is 0 Å². The van der Waals surface area contributed by atoms with Crippen LogP contribution >= 0.6 is 0 Å². The summed E-state index contributed by atoms with van der Waals surface area (Å²) in [5, 5.41) is 0. The Morgan fingerprint density at radius 2 is 1.65 bits per heavy atom. The number of imide groups is 1. The minimum absolute atomic E-state index is 0.231. The summed E-state index contributed by atoms with van der Waals surface area (Å²) < 4.78 is 13.6. The zero-order valence-corrected chi connectivity index (χ0v) is 14.1. The Morgan fingerprint density at radius 1 is 1.08 bits per heavy atom. The van der Waals surface area contributed by atoms with Crippen molar-refractivity contribution in [2.24, 2.45) is 11.8 Å². The number of carbonyl (C=O) groups is 4. The zero-order valence-electron chi connectivity index (χ0n) is 14.1. The Kier molecular flexibility index (Phi) is 4.83. The van der Waals surface area contributed by atoms with Crippen LogP contribution in [-0.2, 0) is 14.4 Å². The number of nitrogens with zero attached hydrogens (tertiary/aromatic N) is 1. The molecule has 3 rings (SSSR count). The Balaban J connectivity index is 1.63. The third kappa shape index (κ3) is 3.10. The second-order valence-electron chi connectivity index (χ2n) is 6.30. The first kappa shape index (κ1) is 17.8. The van der Waals surface area contributed by atoms with Crippen molar-refractivity contribution in [3.05, 3.63) is 47.8 Å². The molecule has 7 nitrogen and oxygen atoms in total. The Morgan fingerprint density at radius 3 is 2.23 bits per heavy atom. The second kappa shape index (κ2) is 7.07. The predicted octanol–water partition coefficient (Wildman–Crippen LogP) is 0.926. The van der Waals surface area contributed by atoms with E-state index in [9.17, 15) is 23.6 Å². The molecule has 1 aromatic carbocycles. The Labute approximate surface area is 149 Å². The maximum absolute atomic E-state index is 13.6. The van der Waals surface area contributed by atoms with E-state index in [0.29, 0.717) is 12.8 Å². The number of carbonyl (C=O) groups excluding carboxylic acids is 4. The highest BCUT2D eigenvalue weighted by Gasteiger charge is 2.50. The molecule has 4 amide bonds. The SMILES string of the molecule is C[C@@H](C(=O)NNC(=O)c1ccccc1F)N1C(=O)[C@@H]2CC=CC[C@H]2C1=O. The average Bonchev–Trinajstić information content (AvgIpc) is 2.90. The number of halogens is 1. The van der Waals surface area contributed by atoms with Gasteiger partial charge in [-0.1, -0.05) is 24.3 Å². The van der Waals surface area contributed by atoms with E-state index in [0.717, 1.165) is 11.0 Å². The third-order valence-corrected chi connectivity index (χ3v) is 4.73. The first-order valence-corrected chi connectivity index (χ1v) is 8.28. The molecule has 0 radical (unpaired) electrons. The highest BCUT2D eigenvalue weighted by atomic mass is 19.1. The van der Waals surface area contributed by atoms with Crippen molar-refractivity contribution in [1.82, 2.24) is 15.8 Å². The molecule has 2 N–H and O–H groups in total. The molecule has 26 heavy (non-hydrogen) atoms. The fraction of sp³-hybridized carbons (Fsp3) is 0.333. The van der Waals surface area contributed by atoms with Crippen LogP contribution < -0.4 is 10.9 Å². The Bertz CT molecular complexity index is 781. The van der Waals surface area contributed by atoms with Gasteiger partial charge in [0, 0.05) is 0 Å². The molecule has 3 atom stereocenters. The summed E-state index contributed by atoms with van der Waals surface area (Å²) in [5.41, 5.74) is 4.01. The van der Waals surface area contributed by atoms with Gasteiger partial charge < -0.3 is 0 Å². The van der Waals surface area contributed by atoms with E-state index in [4.69, 9.17) is 0 Å². The summed E-state index contributed by atoms with van der Waals surface area (Å²) in [6.07, 6.45) is 4.67. The largest absolute Gasteiger partial charge is 0.274 e. The maximum Gasteiger partial charge on any atom is 0.272 e. The van der Waals surface area contributed by atoms with Gasteiger partial charge in [0.2, 0.25) is 11.8 Å². The molecule has 0 saturated carbocycles. The zero-order chi connectivity index (χ0) is 18.8. The number of nitrogens with one attached hydrogen (secondary N) is 2. The molecule has 1 aliphatic heterocycles. The van der Waals surface area contributed by atoms with Crippen LogP contribution in [0.5, 0.6) is 0 Å². The quantitative estimate of drug-likeness (QED) is 0.477. The lowest BCUT2D eigenvalue weighted by Gasteiger charge is -2.22. The number of hydrazine groups is 1. The summed E-state index contributed by atoms with van der Waals surface area (Å²) in [6, 6.07) is 4.23. The number of likely N-dealkylation sites (tertiary alicyclic amines) is 1. The van der Waals surface area contributed by atoms with Gasteiger partial charge in [-0.15, -0.1) is 0 Å². The molecule has 1 saturated heterocycles. The van der Waals surface area contributed by atoms with Crippen molar-refractivity contribution in [2.45, 2.75) is 25.8 Å². The molecular weight excluding hydrogens is 341 g/mol. The first-order chi connectivity index (χ1) is 12.4. The van der Waals surface area contributed by atoms with Crippen LogP contribution in [0.15, 0.2) is 36.4 Å². The number of hydrogen-bond acceptors (Lipinski definition) is 4. The van der Waals surface area contributed by atoms with Gasteiger partial charge in [-0.05, 0) is 31.9 Å². The Hall–Kier alpha value is -3.03. The number of allylic oxidation sites excluding steroid dienone is 2. The summed E-state index contributed by atoms with van der Waals surface area (Å²) in [4.78, 5) is 50.1. The highest BCUT2D eigenvalue weighted by Crippen LogP contribution is 2.35. The van der Waals surface area contributed by atoms with Crippen LogP contribution in [0.3, 0.4) is 0 Å². The lowest BCUT2D eigenvalue weighted by molar-refractivity contribution is -0.147. The summed E-state index contributed by atoms with van der Waals surface area (Å²) in [5.74, 6) is -3.93. The van der Waals surface area contributed by atoms with Gasteiger partial charge in [0.25, 0.3) is 11.8 Å². The van der Waals surface area contributed by atoms with Gasteiger partial charge >= 0.3 is 0 Å². The van der Waals surface area contributed by atoms with Gasteiger partial charge in [-0.2, -0.15) is 0 Å². The van der Waals surface area contributed by atoms with E-state index in [1.807, 2.05) is 12.2 Å². The molecule has 0 spiro atoms. The standard InChI is InChI=1S/C18H18FN3O4/c1-10(22-17(25)11-6-2-3-7-12(11)18(22)26)15(23)20-21-16(24)13-8-4-5-9-14(13)19/h2-5,8-12H,6-7H2,1H3,(H,20,23)(H,21,24)/t10-,11+,12+/m0/s1. The fourth-order valence-electron chi connectivity index (χ4n) is 3.26. The summed E-state index contributed by atoms with van der Waals surface area (Å²) >= 11 is 0. The van der Waals surface area contributed by atoms with Crippen LogP contribution in [0.4, 0.5) is 4.39 Å². The summed E-state index contributed by atoms with van der Waals surface area (Å²) in [6.45, 7) is 1.41. The van der Waals surface area contributed by atoms with Crippen molar-refractivity contribution in [3.8, 4) is 0 Å². The molecule has 1 aromatic rings. The number of hydrogen-bond donors (Lipinski definition) is 2. The van der Waals surface area contributed by atoms with Crippen LogP contribution in [0.1, 0.15) is 30.1 Å². The molecule has 0 bridgehead atoms. The number of fused-ring (bicyclic) bond motifs is 1. The van der Waals surface area contributed by atoms with Crippen molar-refractivity contribution >= 4 is 23.6 Å². The number of rotatable bonds is 3. The number of amides is 4. The molecule has 2 aliphatic rings. The molecule has 0 aromatic heterocycles. The monoisotopic (exact) mass is 359 g/mol. The van der Waals surface area contributed by atoms with Crippen LogP contribution in [0, 0.1) is 17.7 Å². The summed E-state index contributed by atoms with van der Waals surface area (Å²) in [7, 11) is 0. The third-order valence-electron chi connectivity index (χ3n) is 4.73. The van der Waals surface area contributed by atoms with E-state index in [-0.39, 0.29) is 17.4 Å². The highest BCUT2D eigenvalue weighted by molar-refractivity contribution is 6.08. The van der Waals surface area contributed by atoms with E-state index < -0.39 is 35.5 Å². The van der Waals surface area contributed by atoms with Gasteiger partial charge in [-0.3, -0.25) is 34.9 Å². The minimum atomic E-state index is -1.08. The van der Waals surface area contributed by atoms with Crippen molar-refractivity contribution in [1.29, 1.82) is 0 Å². The molecule has 1 fully saturated rings. The van der Waals surface area contributed by atoms with Crippen molar-refractivity contribution in [3.63, 3.8) is 0 Å². The molecule has 1 aliphatic carbocycles. The normalized spacial score (nSPS) is 22.8. The molecule has 136 valence electrons. The van der Waals surface area contributed by atoms with Crippen molar-refractivity contribution < 1.29 is 23.6 Å². The van der Waals surface area contributed by atoms with Crippen LogP contribution in [-0.4, -0.2) is 34.6 Å². The molecule has 8 heteroatoms. The first-order valence-electron chi connectivity index (χ1n) is 8.28. The lowest BCUT2D eigenvalue weighted by atomic mass is 9.85. The van der Waals surface area contributed by atoms with E-state index in [1.165, 1.54) is 25.1 Å². The van der Waals surface area contributed by atoms with Crippen LogP contribution in [0.2, 0.25) is 0 Å². The minimum Gasteiger partial charge on any atom is -0.274 e. The molecular formula is C18H18FN3O4. The van der Waals surface area contributed by atoms with E-state index >= 15 is 0 Å². The smallest absolute Gasteiger partial charge is 0.272 e.